The van der Waals surface area contributed by atoms with E-state index < -0.39 is 28.5 Å². The van der Waals surface area contributed by atoms with E-state index in [-0.39, 0.29) is 18.5 Å². The molecule has 2 aromatic carbocycles. The lowest BCUT2D eigenvalue weighted by Gasteiger charge is -2.32. The van der Waals surface area contributed by atoms with E-state index in [1.165, 1.54) is 17.0 Å². The van der Waals surface area contributed by atoms with Gasteiger partial charge in [-0.15, -0.1) is 0 Å². The molecule has 7 nitrogen and oxygen atoms in total. The number of hydrogen-bond acceptors (Lipinski definition) is 4. The van der Waals surface area contributed by atoms with Crippen LogP contribution in [0.25, 0.3) is 0 Å². The molecular formula is C24H28Cl3N3O4S. The normalized spacial score (nSPS) is 15.0. The molecule has 1 aliphatic carbocycles. The average molecular weight is 561 g/mol. The quantitative estimate of drug-likeness (QED) is 0.473. The number of carbonyl (C=O) groups excluding carboxylic acids is 2. The first-order chi connectivity index (χ1) is 16.5. The Bertz CT molecular complexity index is 1170. The Hall–Kier alpha value is -2.00. The van der Waals surface area contributed by atoms with Crippen molar-refractivity contribution in [1.29, 1.82) is 0 Å². The topological polar surface area (TPSA) is 86.8 Å². The summed E-state index contributed by atoms with van der Waals surface area (Å²) in [5.41, 5.74) is 0.952. The molecule has 0 unspecified atom stereocenters. The van der Waals surface area contributed by atoms with E-state index in [1.807, 2.05) is 0 Å². The van der Waals surface area contributed by atoms with Gasteiger partial charge >= 0.3 is 0 Å². The molecule has 2 aromatic rings. The monoisotopic (exact) mass is 559 g/mol. The van der Waals surface area contributed by atoms with E-state index in [4.69, 9.17) is 34.8 Å². The molecule has 1 aliphatic rings. The van der Waals surface area contributed by atoms with Crippen molar-refractivity contribution in [3.8, 4) is 0 Å². The van der Waals surface area contributed by atoms with Gasteiger partial charge in [0.2, 0.25) is 21.8 Å². The Morgan fingerprint density at radius 1 is 1.03 bits per heavy atom. The van der Waals surface area contributed by atoms with Gasteiger partial charge in [-0.2, -0.15) is 0 Å². The number of carbonyl (C=O) groups is 2. The van der Waals surface area contributed by atoms with Crippen LogP contribution in [0, 0.1) is 0 Å². The number of halogens is 3. The van der Waals surface area contributed by atoms with Crippen LogP contribution in [0.5, 0.6) is 0 Å². The van der Waals surface area contributed by atoms with Crippen LogP contribution in [0.1, 0.15) is 38.2 Å². The van der Waals surface area contributed by atoms with E-state index in [0.717, 1.165) is 36.2 Å². The fourth-order valence-electron chi connectivity index (χ4n) is 4.03. The maximum absolute atomic E-state index is 13.5. The number of nitrogens with one attached hydrogen (secondary N) is 1. The minimum Gasteiger partial charge on any atom is -0.352 e. The molecular weight excluding hydrogens is 533 g/mol. The van der Waals surface area contributed by atoms with Crippen molar-refractivity contribution < 1.29 is 18.0 Å². The van der Waals surface area contributed by atoms with Crippen molar-refractivity contribution in [1.82, 2.24) is 10.2 Å². The molecule has 0 aliphatic heterocycles. The van der Waals surface area contributed by atoms with Gasteiger partial charge in [0, 0.05) is 17.6 Å². The molecule has 0 saturated heterocycles. The van der Waals surface area contributed by atoms with Gasteiger partial charge in [-0.05, 0) is 61.7 Å². The summed E-state index contributed by atoms with van der Waals surface area (Å²) in [6.07, 6.45) is 4.93. The van der Waals surface area contributed by atoms with Crippen molar-refractivity contribution in [2.75, 3.05) is 17.1 Å². The summed E-state index contributed by atoms with van der Waals surface area (Å²) in [5.74, 6) is -0.826. The van der Waals surface area contributed by atoms with Gasteiger partial charge in [0.05, 0.1) is 22.0 Å². The molecule has 190 valence electrons. The highest BCUT2D eigenvalue weighted by Gasteiger charge is 2.31. The standard InChI is InChI=1S/C24H28Cl3N3O4S/c1-16(24(32)28-19-5-3-4-6-19)29(14-17-7-12-21(26)22(27)13-17)23(31)15-30(35(2,33)34)20-10-8-18(25)9-11-20/h7-13,16,19H,3-6,14-15H2,1-2H3,(H,28,32)/t16-/m0/s1. The molecule has 0 heterocycles. The molecule has 1 fully saturated rings. The van der Waals surface area contributed by atoms with Gasteiger partial charge in [-0.3, -0.25) is 13.9 Å². The fraction of sp³-hybridized carbons (Fsp3) is 0.417. The fourth-order valence-corrected chi connectivity index (χ4v) is 5.33. The Morgan fingerprint density at radius 3 is 2.23 bits per heavy atom. The summed E-state index contributed by atoms with van der Waals surface area (Å²) in [6, 6.07) is 10.3. The van der Waals surface area contributed by atoms with E-state index in [1.54, 1.807) is 37.3 Å². The average Bonchev–Trinajstić information content (AvgIpc) is 3.30. The van der Waals surface area contributed by atoms with Gasteiger partial charge < -0.3 is 10.2 Å². The number of nitrogens with zero attached hydrogens (tertiary/aromatic N) is 2. The Morgan fingerprint density at radius 2 is 1.66 bits per heavy atom. The first-order valence-corrected chi connectivity index (χ1v) is 14.2. The Kier molecular flexibility index (Phi) is 9.32. The highest BCUT2D eigenvalue weighted by molar-refractivity contribution is 7.92. The van der Waals surface area contributed by atoms with Crippen LogP contribution in [-0.4, -0.2) is 50.0 Å². The predicted octanol–water partition coefficient (Wildman–Crippen LogP) is 4.89. The van der Waals surface area contributed by atoms with E-state index >= 15 is 0 Å². The first kappa shape index (κ1) is 27.6. The van der Waals surface area contributed by atoms with Crippen molar-refractivity contribution in [2.24, 2.45) is 0 Å². The van der Waals surface area contributed by atoms with Gasteiger partial charge in [0.25, 0.3) is 0 Å². The number of hydrogen-bond donors (Lipinski definition) is 1. The van der Waals surface area contributed by atoms with Crippen LogP contribution in [0.15, 0.2) is 42.5 Å². The second-order valence-corrected chi connectivity index (χ2v) is 11.8. The summed E-state index contributed by atoms with van der Waals surface area (Å²) in [4.78, 5) is 27.9. The third kappa shape index (κ3) is 7.49. The molecule has 3 rings (SSSR count). The van der Waals surface area contributed by atoms with Crippen LogP contribution < -0.4 is 9.62 Å². The Labute approximate surface area is 221 Å². The van der Waals surface area contributed by atoms with E-state index in [2.05, 4.69) is 5.32 Å². The predicted molar refractivity (Wildman–Crippen MR) is 141 cm³/mol. The molecule has 11 heteroatoms. The number of sulfonamides is 1. The van der Waals surface area contributed by atoms with Gasteiger partial charge in [-0.1, -0.05) is 53.7 Å². The highest BCUT2D eigenvalue weighted by Crippen LogP contribution is 2.25. The Balaban J connectivity index is 1.88. The summed E-state index contributed by atoms with van der Waals surface area (Å²) >= 11 is 18.1. The lowest BCUT2D eigenvalue weighted by Crippen LogP contribution is -2.52. The minimum atomic E-state index is -3.81. The second kappa shape index (κ2) is 11.8. The third-order valence-electron chi connectivity index (χ3n) is 6.00. The maximum atomic E-state index is 13.5. The van der Waals surface area contributed by atoms with Crippen molar-refractivity contribution in [3.05, 3.63) is 63.1 Å². The van der Waals surface area contributed by atoms with E-state index in [0.29, 0.717) is 26.3 Å². The molecule has 1 atom stereocenters. The summed E-state index contributed by atoms with van der Waals surface area (Å²) in [7, 11) is -3.81. The van der Waals surface area contributed by atoms with Crippen molar-refractivity contribution in [3.63, 3.8) is 0 Å². The highest BCUT2D eigenvalue weighted by atomic mass is 35.5. The van der Waals surface area contributed by atoms with Crippen LogP contribution >= 0.6 is 34.8 Å². The lowest BCUT2D eigenvalue weighted by atomic mass is 10.1. The van der Waals surface area contributed by atoms with Gasteiger partial charge in [0.15, 0.2) is 0 Å². The van der Waals surface area contributed by atoms with Crippen molar-refractivity contribution >= 4 is 62.3 Å². The SMILES string of the molecule is C[C@@H](C(=O)NC1CCCC1)N(Cc1ccc(Cl)c(Cl)c1)C(=O)CN(c1ccc(Cl)cc1)S(C)(=O)=O. The summed E-state index contributed by atoms with van der Waals surface area (Å²) in [6.45, 7) is 1.20. The number of amides is 2. The minimum absolute atomic E-state index is 0.0488. The zero-order valence-electron chi connectivity index (χ0n) is 19.5. The molecule has 2 amide bonds. The molecule has 0 spiro atoms. The zero-order chi connectivity index (χ0) is 25.8. The largest absolute Gasteiger partial charge is 0.352 e. The molecule has 0 radical (unpaired) electrons. The molecule has 1 saturated carbocycles. The first-order valence-electron chi connectivity index (χ1n) is 11.2. The van der Waals surface area contributed by atoms with Crippen LogP contribution in [0.2, 0.25) is 15.1 Å². The smallest absolute Gasteiger partial charge is 0.244 e. The molecule has 0 bridgehead atoms. The molecule has 1 N–H and O–H groups in total. The summed E-state index contributed by atoms with van der Waals surface area (Å²) in [5, 5.41) is 4.14. The molecule has 35 heavy (non-hydrogen) atoms. The van der Waals surface area contributed by atoms with Crippen LogP contribution in [-0.2, 0) is 26.2 Å². The van der Waals surface area contributed by atoms with Gasteiger partial charge in [-0.25, -0.2) is 8.42 Å². The maximum Gasteiger partial charge on any atom is 0.244 e. The van der Waals surface area contributed by atoms with Crippen LogP contribution in [0.4, 0.5) is 5.69 Å². The number of benzene rings is 2. The lowest BCUT2D eigenvalue weighted by molar-refractivity contribution is -0.139. The third-order valence-corrected chi connectivity index (χ3v) is 8.13. The van der Waals surface area contributed by atoms with Crippen molar-refractivity contribution in [2.45, 2.75) is 51.2 Å². The second-order valence-electron chi connectivity index (χ2n) is 8.68. The number of rotatable bonds is 9. The number of anilines is 1. The molecule has 0 aromatic heterocycles. The van der Waals surface area contributed by atoms with E-state index in [9.17, 15) is 18.0 Å². The van der Waals surface area contributed by atoms with Gasteiger partial charge in [0.1, 0.15) is 12.6 Å². The summed E-state index contributed by atoms with van der Waals surface area (Å²) < 4.78 is 26.1. The zero-order valence-corrected chi connectivity index (χ0v) is 22.6. The van der Waals surface area contributed by atoms with Crippen LogP contribution in [0.3, 0.4) is 0 Å².